The van der Waals surface area contributed by atoms with Crippen molar-refractivity contribution >= 4 is 38.9 Å². The van der Waals surface area contributed by atoms with Gasteiger partial charge in [0.2, 0.25) is 0 Å². The van der Waals surface area contributed by atoms with Gasteiger partial charge in [-0.25, -0.2) is 8.42 Å². The Bertz CT molecular complexity index is 1000. The van der Waals surface area contributed by atoms with Gasteiger partial charge in [-0.05, 0) is 30.5 Å². The number of hydrogen-bond acceptors (Lipinski definition) is 4. The maximum absolute atomic E-state index is 13.5. The molecule has 1 fully saturated rings. The molecule has 5 nitrogen and oxygen atoms in total. The second kappa shape index (κ2) is 11.4. The van der Waals surface area contributed by atoms with E-state index >= 15 is 0 Å². The smallest absolute Gasteiger partial charge is 0.254 e. The minimum atomic E-state index is -3.15. The van der Waals surface area contributed by atoms with E-state index in [1.807, 2.05) is 30.3 Å². The molecule has 1 aliphatic rings. The Kier molecular flexibility index (Phi) is 8.86. The lowest BCUT2D eigenvalue weighted by atomic mass is 10.1. The molecule has 8 heteroatoms. The Morgan fingerprint density at radius 1 is 1.09 bits per heavy atom. The fourth-order valence-corrected chi connectivity index (χ4v) is 6.19. The monoisotopic (exact) mass is 497 g/mol. The standard InChI is InChI=1S/C24H29Cl2NO4S/c1-2-3-4-8-12-31-23-21(25)14-19(15-22(23)26)24(28)27(16-18-9-6-5-7-10-18)20-11-13-32(29,30)17-20/h5-7,9-10,14-15,20H,2-4,8,11-13,16-17H2,1H3. The van der Waals surface area contributed by atoms with Gasteiger partial charge < -0.3 is 9.64 Å². The molecule has 0 saturated carbocycles. The molecule has 174 valence electrons. The van der Waals surface area contributed by atoms with Crippen LogP contribution in [0.2, 0.25) is 10.0 Å². The molecule has 1 amide bonds. The molecule has 1 heterocycles. The lowest BCUT2D eigenvalue weighted by Gasteiger charge is -2.29. The Morgan fingerprint density at radius 3 is 2.38 bits per heavy atom. The summed E-state index contributed by atoms with van der Waals surface area (Å²) in [7, 11) is -3.15. The Morgan fingerprint density at radius 2 is 1.78 bits per heavy atom. The van der Waals surface area contributed by atoms with Crippen molar-refractivity contribution in [2.45, 2.75) is 51.6 Å². The zero-order valence-electron chi connectivity index (χ0n) is 18.2. The van der Waals surface area contributed by atoms with Crippen molar-refractivity contribution < 1.29 is 17.9 Å². The van der Waals surface area contributed by atoms with Gasteiger partial charge in [-0.3, -0.25) is 4.79 Å². The summed E-state index contributed by atoms with van der Waals surface area (Å²) in [6.45, 7) is 2.96. The predicted molar refractivity (Wildman–Crippen MR) is 129 cm³/mol. The maximum Gasteiger partial charge on any atom is 0.254 e. The first-order valence-corrected chi connectivity index (χ1v) is 13.6. The van der Waals surface area contributed by atoms with E-state index in [4.69, 9.17) is 27.9 Å². The normalized spacial score (nSPS) is 17.3. The molecule has 1 unspecified atom stereocenters. The van der Waals surface area contributed by atoms with E-state index in [1.165, 1.54) is 0 Å². The minimum Gasteiger partial charge on any atom is -0.490 e. The van der Waals surface area contributed by atoms with Crippen LogP contribution in [0.1, 0.15) is 54.9 Å². The number of carbonyl (C=O) groups is 1. The van der Waals surface area contributed by atoms with E-state index in [1.54, 1.807) is 17.0 Å². The Labute approximate surface area is 200 Å². The summed E-state index contributed by atoms with van der Waals surface area (Å²) >= 11 is 12.8. The van der Waals surface area contributed by atoms with Crippen molar-refractivity contribution in [1.82, 2.24) is 4.90 Å². The third-order valence-corrected chi connectivity index (χ3v) is 7.91. The number of sulfone groups is 1. The molecular formula is C24H29Cl2NO4S. The first-order valence-electron chi connectivity index (χ1n) is 11.0. The molecule has 0 aliphatic carbocycles. The number of carbonyl (C=O) groups excluding carboxylic acids is 1. The van der Waals surface area contributed by atoms with Gasteiger partial charge in [0.25, 0.3) is 5.91 Å². The molecule has 32 heavy (non-hydrogen) atoms. The molecule has 0 radical (unpaired) electrons. The fourth-order valence-electron chi connectivity index (χ4n) is 3.86. The summed E-state index contributed by atoms with van der Waals surface area (Å²) in [4.78, 5) is 15.1. The molecule has 0 spiro atoms. The molecule has 0 bridgehead atoms. The van der Waals surface area contributed by atoms with E-state index in [0.29, 0.717) is 30.9 Å². The van der Waals surface area contributed by atoms with Crippen molar-refractivity contribution in [3.05, 3.63) is 63.6 Å². The number of halogens is 2. The first-order chi connectivity index (χ1) is 15.3. The maximum atomic E-state index is 13.5. The van der Waals surface area contributed by atoms with Gasteiger partial charge in [0, 0.05) is 18.2 Å². The molecule has 2 aromatic rings. The van der Waals surface area contributed by atoms with Gasteiger partial charge >= 0.3 is 0 Å². The average molecular weight is 498 g/mol. The number of amides is 1. The molecule has 0 aromatic heterocycles. The van der Waals surface area contributed by atoms with Crippen molar-refractivity contribution in [2.24, 2.45) is 0 Å². The number of ether oxygens (including phenoxy) is 1. The summed E-state index contributed by atoms with van der Waals surface area (Å²) in [6.07, 6.45) is 4.68. The van der Waals surface area contributed by atoms with Crippen LogP contribution in [0.15, 0.2) is 42.5 Å². The number of rotatable bonds is 10. The lowest BCUT2D eigenvalue weighted by Crippen LogP contribution is -2.40. The highest BCUT2D eigenvalue weighted by Gasteiger charge is 2.35. The van der Waals surface area contributed by atoms with Crippen molar-refractivity contribution in [3.8, 4) is 5.75 Å². The third-order valence-electron chi connectivity index (χ3n) is 5.60. The molecule has 1 saturated heterocycles. The van der Waals surface area contributed by atoms with Crippen LogP contribution < -0.4 is 4.74 Å². The van der Waals surface area contributed by atoms with Crippen LogP contribution in [0.25, 0.3) is 0 Å². The molecule has 3 rings (SSSR count). The van der Waals surface area contributed by atoms with Crippen LogP contribution in [0.3, 0.4) is 0 Å². The van der Waals surface area contributed by atoms with Crippen LogP contribution in [-0.4, -0.2) is 43.4 Å². The lowest BCUT2D eigenvalue weighted by molar-refractivity contribution is 0.0681. The highest BCUT2D eigenvalue weighted by molar-refractivity contribution is 7.91. The average Bonchev–Trinajstić information content (AvgIpc) is 3.13. The topological polar surface area (TPSA) is 63.7 Å². The third kappa shape index (κ3) is 6.63. The second-order valence-electron chi connectivity index (χ2n) is 8.15. The second-order valence-corrected chi connectivity index (χ2v) is 11.2. The van der Waals surface area contributed by atoms with Gasteiger partial charge in [0.05, 0.1) is 28.2 Å². The summed E-state index contributed by atoms with van der Waals surface area (Å²) in [5.74, 6) is 0.128. The van der Waals surface area contributed by atoms with Gasteiger partial charge in [-0.2, -0.15) is 0 Å². The van der Waals surface area contributed by atoms with Crippen molar-refractivity contribution in [1.29, 1.82) is 0 Å². The number of unbranched alkanes of at least 4 members (excludes halogenated alkanes) is 3. The minimum absolute atomic E-state index is 0.0357. The van der Waals surface area contributed by atoms with E-state index in [2.05, 4.69) is 6.92 Å². The number of hydrogen-bond donors (Lipinski definition) is 0. The number of benzene rings is 2. The molecule has 2 aromatic carbocycles. The Balaban J connectivity index is 1.80. The zero-order valence-corrected chi connectivity index (χ0v) is 20.6. The predicted octanol–water partition coefficient (Wildman–Crippen LogP) is 5.78. The number of nitrogens with zero attached hydrogens (tertiary/aromatic N) is 1. The van der Waals surface area contributed by atoms with Crippen LogP contribution in [0.4, 0.5) is 0 Å². The summed E-state index contributed by atoms with van der Waals surface area (Å²) in [5, 5.41) is 0.546. The summed E-state index contributed by atoms with van der Waals surface area (Å²) in [5.41, 5.74) is 1.24. The Hall–Kier alpha value is -1.76. The van der Waals surface area contributed by atoms with Crippen LogP contribution in [0.5, 0.6) is 5.75 Å². The summed E-state index contributed by atoms with van der Waals surface area (Å²) in [6, 6.07) is 12.2. The van der Waals surface area contributed by atoms with Gasteiger partial charge in [0.15, 0.2) is 15.6 Å². The largest absolute Gasteiger partial charge is 0.490 e. The van der Waals surface area contributed by atoms with E-state index in [0.717, 1.165) is 31.2 Å². The highest BCUT2D eigenvalue weighted by atomic mass is 35.5. The quantitative estimate of drug-likeness (QED) is 0.390. The fraction of sp³-hybridized carbons (Fsp3) is 0.458. The van der Waals surface area contributed by atoms with Crippen molar-refractivity contribution in [2.75, 3.05) is 18.1 Å². The highest BCUT2D eigenvalue weighted by Crippen LogP contribution is 2.35. The summed E-state index contributed by atoms with van der Waals surface area (Å²) < 4.78 is 29.9. The van der Waals surface area contributed by atoms with Crippen LogP contribution in [-0.2, 0) is 16.4 Å². The van der Waals surface area contributed by atoms with Gasteiger partial charge in [-0.1, -0.05) is 79.7 Å². The van der Waals surface area contributed by atoms with E-state index in [9.17, 15) is 13.2 Å². The molecule has 1 atom stereocenters. The molecule has 0 N–H and O–H groups in total. The molecule has 1 aliphatic heterocycles. The van der Waals surface area contributed by atoms with E-state index in [-0.39, 0.29) is 33.5 Å². The molecular weight excluding hydrogens is 469 g/mol. The van der Waals surface area contributed by atoms with E-state index < -0.39 is 9.84 Å². The van der Waals surface area contributed by atoms with Gasteiger partial charge in [0.1, 0.15) is 0 Å². The SMILES string of the molecule is CCCCCCOc1c(Cl)cc(C(=O)N(Cc2ccccc2)C2CCS(=O)(=O)C2)cc1Cl. The first kappa shape index (κ1) is 24.9. The van der Waals surface area contributed by atoms with Crippen molar-refractivity contribution in [3.63, 3.8) is 0 Å². The van der Waals surface area contributed by atoms with Crippen LogP contribution >= 0.6 is 23.2 Å². The zero-order chi connectivity index (χ0) is 23.1. The van der Waals surface area contributed by atoms with Gasteiger partial charge in [-0.15, -0.1) is 0 Å². The van der Waals surface area contributed by atoms with Crippen LogP contribution in [0, 0.1) is 0 Å².